The first-order chi connectivity index (χ1) is 12.6. The molecule has 0 amide bonds. The van der Waals surface area contributed by atoms with Gasteiger partial charge in [-0.15, -0.1) is 0 Å². The van der Waals surface area contributed by atoms with Crippen LogP contribution in [-0.2, 0) is 30.0 Å². The van der Waals surface area contributed by atoms with Crippen molar-refractivity contribution in [3.63, 3.8) is 0 Å². The summed E-state index contributed by atoms with van der Waals surface area (Å²) in [6, 6.07) is 6.62. The lowest BCUT2D eigenvalue weighted by atomic mass is 10.1. The summed E-state index contributed by atoms with van der Waals surface area (Å²) in [6.07, 6.45) is 0.843. The Kier molecular flexibility index (Phi) is 6.61. The highest BCUT2D eigenvalue weighted by Gasteiger charge is 2.14. The van der Waals surface area contributed by atoms with Crippen LogP contribution in [0, 0.1) is 13.8 Å². The number of nitrogens with zero attached hydrogens (tertiary/aromatic N) is 3. The van der Waals surface area contributed by atoms with E-state index in [0.29, 0.717) is 12.5 Å². The number of aromatic nitrogens is 2. The predicted octanol–water partition coefficient (Wildman–Crippen LogP) is 0.981. The smallest absolute Gasteiger partial charge is 0.238 e. The van der Waals surface area contributed by atoms with Gasteiger partial charge >= 0.3 is 0 Å². The van der Waals surface area contributed by atoms with E-state index in [1.807, 2.05) is 18.7 Å². The molecule has 0 saturated heterocycles. The number of primary sulfonamides is 1. The van der Waals surface area contributed by atoms with E-state index >= 15 is 0 Å². The molecule has 0 saturated carbocycles. The summed E-state index contributed by atoms with van der Waals surface area (Å²) < 4.78 is 24.5. The van der Waals surface area contributed by atoms with Crippen LogP contribution in [-0.4, -0.2) is 37.2 Å². The molecule has 4 N–H and O–H groups in total. The van der Waals surface area contributed by atoms with Crippen molar-refractivity contribution in [1.29, 1.82) is 0 Å². The first-order valence-electron chi connectivity index (χ1n) is 8.69. The van der Waals surface area contributed by atoms with E-state index in [1.165, 1.54) is 23.4 Å². The number of nitrogens with two attached hydrogens (primary N) is 1. The summed E-state index contributed by atoms with van der Waals surface area (Å²) in [7, 11) is -0.00488. The van der Waals surface area contributed by atoms with Gasteiger partial charge in [-0.3, -0.25) is 9.67 Å². The van der Waals surface area contributed by atoms with E-state index in [2.05, 4.69) is 34.6 Å². The third-order valence-electron chi connectivity index (χ3n) is 4.49. The molecule has 0 bridgehead atoms. The minimum Gasteiger partial charge on any atom is -0.354 e. The molecule has 1 aromatic carbocycles. The maximum atomic E-state index is 11.3. The normalized spacial score (nSPS) is 13.5. The summed E-state index contributed by atoms with van der Waals surface area (Å²) in [5, 5.41) is 16.2. The molecular formula is C18H28N6O2S. The molecule has 1 atom stereocenters. The third-order valence-corrected chi connectivity index (χ3v) is 5.42. The number of aryl methyl sites for hydroxylation is 2. The Morgan fingerprint density at radius 1 is 1.30 bits per heavy atom. The van der Waals surface area contributed by atoms with Gasteiger partial charge in [-0.25, -0.2) is 13.6 Å². The zero-order chi connectivity index (χ0) is 20.2. The highest BCUT2D eigenvalue weighted by atomic mass is 32.2. The highest BCUT2D eigenvalue weighted by molar-refractivity contribution is 7.89. The first-order valence-corrected chi connectivity index (χ1v) is 10.2. The summed E-state index contributed by atoms with van der Waals surface area (Å²) >= 11 is 0. The first kappa shape index (κ1) is 20.9. The molecule has 8 nitrogen and oxygen atoms in total. The van der Waals surface area contributed by atoms with Crippen LogP contribution in [0.4, 0.5) is 0 Å². The lowest BCUT2D eigenvalue weighted by Crippen LogP contribution is -2.42. The van der Waals surface area contributed by atoms with Gasteiger partial charge in [-0.1, -0.05) is 12.1 Å². The van der Waals surface area contributed by atoms with Crippen molar-refractivity contribution in [2.75, 3.05) is 7.05 Å². The second kappa shape index (κ2) is 8.53. The maximum absolute atomic E-state index is 11.3. The molecule has 0 spiro atoms. The van der Waals surface area contributed by atoms with E-state index in [1.54, 1.807) is 19.2 Å². The van der Waals surface area contributed by atoms with Crippen LogP contribution in [0.15, 0.2) is 34.2 Å². The number of benzene rings is 1. The van der Waals surface area contributed by atoms with E-state index in [-0.39, 0.29) is 10.9 Å². The summed E-state index contributed by atoms with van der Waals surface area (Å²) in [6.45, 7) is 6.70. The van der Waals surface area contributed by atoms with Crippen molar-refractivity contribution >= 4 is 16.0 Å². The molecule has 2 aromatic rings. The Hall–Kier alpha value is -2.39. The number of guanidine groups is 1. The van der Waals surface area contributed by atoms with Crippen LogP contribution in [0.25, 0.3) is 0 Å². The Morgan fingerprint density at radius 3 is 2.41 bits per heavy atom. The molecule has 27 heavy (non-hydrogen) atoms. The number of hydrogen-bond acceptors (Lipinski definition) is 4. The van der Waals surface area contributed by atoms with Gasteiger partial charge in [0.25, 0.3) is 0 Å². The quantitative estimate of drug-likeness (QED) is 0.501. The lowest BCUT2D eigenvalue weighted by molar-refractivity contribution is 0.597. The standard InChI is InChI=1S/C18H28N6O2S/c1-12(10-17-13(2)23-24(5)14(17)3)22-18(20-4)21-11-15-6-8-16(9-7-15)27(19,25)26/h6-9,12H,10-11H2,1-5H3,(H2,19,25,26)(H2,20,21,22). The van der Waals surface area contributed by atoms with Crippen molar-refractivity contribution in [1.82, 2.24) is 20.4 Å². The highest BCUT2D eigenvalue weighted by Crippen LogP contribution is 2.14. The van der Waals surface area contributed by atoms with Gasteiger partial charge in [0, 0.05) is 32.4 Å². The Bertz CT molecular complexity index is 916. The van der Waals surface area contributed by atoms with Crippen LogP contribution in [0.5, 0.6) is 0 Å². The molecular weight excluding hydrogens is 364 g/mol. The number of sulfonamides is 1. The molecule has 1 heterocycles. The Labute approximate surface area is 160 Å². The number of hydrogen-bond donors (Lipinski definition) is 3. The summed E-state index contributed by atoms with van der Waals surface area (Å²) in [4.78, 5) is 4.35. The van der Waals surface area contributed by atoms with E-state index in [4.69, 9.17) is 5.14 Å². The van der Waals surface area contributed by atoms with Crippen LogP contribution in [0.2, 0.25) is 0 Å². The summed E-state index contributed by atoms with van der Waals surface area (Å²) in [5.41, 5.74) is 4.38. The van der Waals surface area contributed by atoms with Gasteiger partial charge in [0.2, 0.25) is 10.0 Å². The summed E-state index contributed by atoms with van der Waals surface area (Å²) in [5.74, 6) is 0.678. The Balaban J connectivity index is 1.93. The van der Waals surface area contributed by atoms with Crippen molar-refractivity contribution in [2.24, 2.45) is 17.2 Å². The molecule has 148 valence electrons. The fraction of sp³-hybridized carbons (Fsp3) is 0.444. The topological polar surface area (TPSA) is 114 Å². The van der Waals surface area contributed by atoms with Crippen LogP contribution < -0.4 is 15.8 Å². The van der Waals surface area contributed by atoms with Crippen LogP contribution in [0.1, 0.15) is 29.4 Å². The van der Waals surface area contributed by atoms with Gasteiger partial charge in [0.05, 0.1) is 10.6 Å². The fourth-order valence-corrected chi connectivity index (χ4v) is 3.40. The molecule has 0 radical (unpaired) electrons. The van der Waals surface area contributed by atoms with Gasteiger partial charge in [-0.05, 0) is 50.5 Å². The number of rotatable bonds is 6. The zero-order valence-electron chi connectivity index (χ0n) is 16.4. The van der Waals surface area contributed by atoms with Crippen molar-refractivity contribution in [3.05, 3.63) is 46.8 Å². The molecule has 9 heteroatoms. The largest absolute Gasteiger partial charge is 0.354 e. The van der Waals surface area contributed by atoms with Crippen LogP contribution in [0.3, 0.4) is 0 Å². The Morgan fingerprint density at radius 2 is 1.93 bits per heavy atom. The molecule has 0 aliphatic carbocycles. The second-order valence-corrected chi connectivity index (χ2v) is 8.20. The van der Waals surface area contributed by atoms with Crippen molar-refractivity contribution < 1.29 is 8.42 Å². The van der Waals surface area contributed by atoms with E-state index in [9.17, 15) is 8.42 Å². The second-order valence-electron chi connectivity index (χ2n) is 6.64. The molecule has 0 fully saturated rings. The number of aliphatic imine (C=N–C) groups is 1. The van der Waals surface area contributed by atoms with Gasteiger partial charge < -0.3 is 10.6 Å². The van der Waals surface area contributed by atoms with Gasteiger partial charge in [-0.2, -0.15) is 5.10 Å². The van der Waals surface area contributed by atoms with Crippen LogP contribution >= 0.6 is 0 Å². The SMILES string of the molecule is CN=C(NCc1ccc(S(N)(=O)=O)cc1)NC(C)Cc1c(C)nn(C)c1C. The average Bonchev–Trinajstić information content (AvgIpc) is 2.84. The lowest BCUT2D eigenvalue weighted by Gasteiger charge is -2.18. The molecule has 1 aromatic heterocycles. The minimum atomic E-state index is -3.67. The maximum Gasteiger partial charge on any atom is 0.238 e. The zero-order valence-corrected chi connectivity index (χ0v) is 17.3. The molecule has 0 aliphatic rings. The molecule has 0 aliphatic heterocycles. The third kappa shape index (κ3) is 5.54. The molecule has 2 rings (SSSR count). The van der Waals surface area contributed by atoms with Crippen molar-refractivity contribution in [2.45, 2.75) is 44.7 Å². The fourth-order valence-electron chi connectivity index (χ4n) is 2.88. The predicted molar refractivity (Wildman–Crippen MR) is 107 cm³/mol. The monoisotopic (exact) mass is 392 g/mol. The van der Waals surface area contributed by atoms with Crippen molar-refractivity contribution in [3.8, 4) is 0 Å². The van der Waals surface area contributed by atoms with E-state index < -0.39 is 10.0 Å². The van der Waals surface area contributed by atoms with E-state index in [0.717, 1.165) is 17.7 Å². The minimum absolute atomic E-state index is 0.101. The average molecular weight is 393 g/mol. The van der Waals surface area contributed by atoms with Gasteiger partial charge in [0.15, 0.2) is 5.96 Å². The van der Waals surface area contributed by atoms with Gasteiger partial charge in [0.1, 0.15) is 0 Å². The molecule has 1 unspecified atom stereocenters. The number of nitrogens with one attached hydrogen (secondary N) is 2.